The summed E-state index contributed by atoms with van der Waals surface area (Å²) in [6, 6.07) is 1.75. The van der Waals surface area contributed by atoms with Crippen LogP contribution in [0.2, 0.25) is 0 Å². The fraction of sp³-hybridized carbons (Fsp3) is 0.444. The van der Waals surface area contributed by atoms with E-state index in [1.54, 1.807) is 6.07 Å². The average molecular weight is 225 g/mol. The molecule has 1 heterocycles. The third-order valence-electron chi connectivity index (χ3n) is 1.88. The van der Waals surface area contributed by atoms with Gasteiger partial charge in [-0.1, -0.05) is 0 Å². The maximum Gasteiger partial charge on any atom is 0.331 e. The van der Waals surface area contributed by atoms with Gasteiger partial charge in [-0.15, -0.1) is 0 Å². The van der Waals surface area contributed by atoms with Crippen LogP contribution in [0.4, 0.5) is 0 Å². The number of hydrogen-bond donors (Lipinski definition) is 2. The summed E-state index contributed by atoms with van der Waals surface area (Å²) in [5, 5.41) is 17.3. The van der Waals surface area contributed by atoms with Crippen LogP contribution in [0.15, 0.2) is 15.8 Å². The van der Waals surface area contributed by atoms with Crippen molar-refractivity contribution in [2.45, 2.75) is 13.2 Å². The van der Waals surface area contributed by atoms with Crippen LogP contribution in [0.5, 0.6) is 0 Å². The number of hydrogen-bond acceptors (Lipinski definition) is 5. The van der Waals surface area contributed by atoms with E-state index in [0.717, 1.165) is 4.57 Å². The lowest BCUT2D eigenvalue weighted by molar-refractivity contribution is 0.0172. The molecule has 0 amide bonds. The van der Waals surface area contributed by atoms with Crippen LogP contribution in [0.25, 0.3) is 0 Å². The summed E-state index contributed by atoms with van der Waals surface area (Å²) in [5.74, 6) is 0. The summed E-state index contributed by atoms with van der Waals surface area (Å²) in [6.07, 6.45) is 0.0853. The van der Waals surface area contributed by atoms with Crippen molar-refractivity contribution in [2.24, 2.45) is 0 Å². The van der Waals surface area contributed by atoms with E-state index in [0.29, 0.717) is 5.56 Å². The first-order valence-electron chi connectivity index (χ1n) is 4.54. The van der Waals surface area contributed by atoms with E-state index in [1.807, 2.05) is 0 Å². The number of rotatable bonds is 4. The molecule has 1 aromatic heterocycles. The lowest BCUT2D eigenvalue weighted by Crippen LogP contribution is -2.34. The fourth-order valence-corrected chi connectivity index (χ4v) is 1.10. The molecule has 0 aliphatic carbocycles. The SMILES string of the molecule is Cc1cn(C(C#N)OCCO)c(=O)[nH]c1=O. The van der Waals surface area contributed by atoms with Gasteiger partial charge in [-0.2, -0.15) is 5.26 Å². The molecular weight excluding hydrogens is 214 g/mol. The highest BCUT2D eigenvalue weighted by molar-refractivity contribution is 5.03. The van der Waals surface area contributed by atoms with Crippen LogP contribution in [0.1, 0.15) is 11.8 Å². The second-order valence-corrected chi connectivity index (χ2v) is 3.05. The minimum absolute atomic E-state index is 0.0666. The van der Waals surface area contributed by atoms with Crippen molar-refractivity contribution < 1.29 is 9.84 Å². The zero-order valence-corrected chi connectivity index (χ0v) is 8.64. The fourth-order valence-electron chi connectivity index (χ4n) is 1.10. The third-order valence-corrected chi connectivity index (χ3v) is 1.88. The summed E-state index contributed by atoms with van der Waals surface area (Å²) in [6.45, 7) is 1.19. The first kappa shape index (κ1) is 12.2. The summed E-state index contributed by atoms with van der Waals surface area (Å²) in [4.78, 5) is 24.5. The Kier molecular flexibility index (Phi) is 3.99. The molecule has 0 radical (unpaired) electrons. The number of aliphatic hydroxyl groups excluding tert-OH is 1. The second-order valence-electron chi connectivity index (χ2n) is 3.05. The van der Waals surface area contributed by atoms with Gasteiger partial charge in [0.15, 0.2) is 0 Å². The summed E-state index contributed by atoms with van der Waals surface area (Å²) in [5.41, 5.74) is -0.923. The Morgan fingerprint density at radius 1 is 1.69 bits per heavy atom. The molecule has 0 aliphatic heterocycles. The van der Waals surface area contributed by atoms with Crippen LogP contribution >= 0.6 is 0 Å². The van der Waals surface area contributed by atoms with Gasteiger partial charge in [0.1, 0.15) is 6.07 Å². The normalized spacial score (nSPS) is 12.1. The van der Waals surface area contributed by atoms with Crippen molar-refractivity contribution in [2.75, 3.05) is 13.2 Å². The molecular formula is C9H11N3O4. The van der Waals surface area contributed by atoms with Gasteiger partial charge in [0, 0.05) is 11.8 Å². The number of aromatic amines is 1. The van der Waals surface area contributed by atoms with Gasteiger partial charge in [-0.25, -0.2) is 4.79 Å². The Labute approximate surface area is 90.5 Å². The summed E-state index contributed by atoms with van der Waals surface area (Å²) in [7, 11) is 0. The molecule has 0 aromatic carbocycles. The molecule has 0 spiro atoms. The van der Waals surface area contributed by atoms with Gasteiger partial charge in [0.2, 0.25) is 6.23 Å². The molecule has 0 fully saturated rings. The van der Waals surface area contributed by atoms with Gasteiger partial charge in [0.25, 0.3) is 5.56 Å². The molecule has 1 atom stereocenters. The van der Waals surface area contributed by atoms with Crippen molar-refractivity contribution in [3.63, 3.8) is 0 Å². The molecule has 16 heavy (non-hydrogen) atoms. The molecule has 2 N–H and O–H groups in total. The number of nitriles is 1. The maximum atomic E-state index is 11.4. The molecule has 1 aromatic rings. The van der Waals surface area contributed by atoms with E-state index in [2.05, 4.69) is 4.98 Å². The van der Waals surface area contributed by atoms with Crippen molar-refractivity contribution in [3.05, 3.63) is 32.6 Å². The molecule has 0 aliphatic rings. The predicted molar refractivity (Wildman–Crippen MR) is 53.7 cm³/mol. The van der Waals surface area contributed by atoms with E-state index in [1.165, 1.54) is 13.1 Å². The second kappa shape index (κ2) is 5.25. The van der Waals surface area contributed by atoms with Crippen LogP contribution in [0.3, 0.4) is 0 Å². The Morgan fingerprint density at radius 2 is 2.38 bits per heavy atom. The van der Waals surface area contributed by atoms with E-state index in [-0.39, 0.29) is 13.2 Å². The molecule has 7 nitrogen and oxygen atoms in total. The number of aromatic nitrogens is 2. The number of aryl methyl sites for hydroxylation is 1. The first-order valence-corrected chi connectivity index (χ1v) is 4.54. The lowest BCUT2D eigenvalue weighted by atomic mass is 10.4. The van der Waals surface area contributed by atoms with Gasteiger partial charge in [-0.3, -0.25) is 14.3 Å². The average Bonchev–Trinajstić information content (AvgIpc) is 2.26. The van der Waals surface area contributed by atoms with Crippen LogP contribution in [-0.4, -0.2) is 27.9 Å². The Morgan fingerprint density at radius 3 is 2.94 bits per heavy atom. The minimum Gasteiger partial charge on any atom is -0.394 e. The van der Waals surface area contributed by atoms with Gasteiger partial charge in [-0.05, 0) is 6.92 Å². The van der Waals surface area contributed by atoms with Crippen LogP contribution in [0, 0.1) is 18.3 Å². The van der Waals surface area contributed by atoms with Gasteiger partial charge in [0.05, 0.1) is 13.2 Å². The standard InChI is InChI=1S/C9H11N3O4/c1-6-5-12(9(15)11-8(6)14)7(4-10)16-3-2-13/h5,7,13H,2-3H2,1H3,(H,11,14,15). The highest BCUT2D eigenvalue weighted by Gasteiger charge is 2.12. The highest BCUT2D eigenvalue weighted by Crippen LogP contribution is 2.02. The number of nitrogens with zero attached hydrogens (tertiary/aromatic N) is 2. The lowest BCUT2D eigenvalue weighted by Gasteiger charge is -2.12. The van der Waals surface area contributed by atoms with E-state index in [9.17, 15) is 9.59 Å². The summed E-state index contributed by atoms with van der Waals surface area (Å²) >= 11 is 0. The molecule has 86 valence electrons. The predicted octanol–water partition coefficient (Wildman–Crippen LogP) is -1.12. The Balaban J connectivity index is 3.12. The topological polar surface area (TPSA) is 108 Å². The summed E-state index contributed by atoms with van der Waals surface area (Å²) < 4.78 is 5.90. The number of ether oxygens (including phenoxy) is 1. The van der Waals surface area contributed by atoms with Crippen LogP contribution in [-0.2, 0) is 4.74 Å². The van der Waals surface area contributed by atoms with Crippen molar-refractivity contribution in [3.8, 4) is 6.07 Å². The number of aliphatic hydroxyl groups is 1. The first-order chi connectivity index (χ1) is 7.60. The zero-order valence-electron chi connectivity index (χ0n) is 8.64. The van der Waals surface area contributed by atoms with E-state index < -0.39 is 17.5 Å². The van der Waals surface area contributed by atoms with E-state index in [4.69, 9.17) is 15.1 Å². The van der Waals surface area contributed by atoms with Crippen molar-refractivity contribution in [1.29, 1.82) is 5.26 Å². The molecule has 0 saturated heterocycles. The quantitative estimate of drug-likeness (QED) is 0.674. The third kappa shape index (κ3) is 2.56. The minimum atomic E-state index is -1.16. The Bertz CT molecular complexity index is 511. The Hall–Kier alpha value is -1.91. The van der Waals surface area contributed by atoms with Gasteiger partial charge < -0.3 is 9.84 Å². The van der Waals surface area contributed by atoms with Gasteiger partial charge >= 0.3 is 5.69 Å². The molecule has 0 saturated carbocycles. The largest absolute Gasteiger partial charge is 0.394 e. The number of H-pyrrole nitrogens is 1. The highest BCUT2D eigenvalue weighted by atomic mass is 16.5. The molecule has 1 rings (SSSR count). The van der Waals surface area contributed by atoms with Crippen LogP contribution < -0.4 is 11.2 Å². The monoisotopic (exact) mass is 225 g/mol. The van der Waals surface area contributed by atoms with Crippen molar-refractivity contribution >= 4 is 0 Å². The van der Waals surface area contributed by atoms with Crippen molar-refractivity contribution in [1.82, 2.24) is 9.55 Å². The zero-order chi connectivity index (χ0) is 12.1. The smallest absolute Gasteiger partial charge is 0.331 e. The van der Waals surface area contributed by atoms with E-state index >= 15 is 0 Å². The molecule has 7 heteroatoms. The molecule has 0 bridgehead atoms. The molecule has 1 unspecified atom stereocenters. The number of nitrogens with one attached hydrogen (secondary N) is 1. The maximum absolute atomic E-state index is 11.4.